The molecule has 0 aromatic heterocycles. The van der Waals surface area contributed by atoms with Gasteiger partial charge < -0.3 is 9.84 Å². The van der Waals surface area contributed by atoms with Crippen LogP contribution in [0.5, 0.6) is 11.5 Å². The molecule has 36 heavy (non-hydrogen) atoms. The van der Waals surface area contributed by atoms with Crippen molar-refractivity contribution in [2.45, 2.75) is 0 Å². The van der Waals surface area contributed by atoms with E-state index in [1.54, 1.807) is 6.07 Å². The van der Waals surface area contributed by atoms with Gasteiger partial charge in [-0.05, 0) is 42.0 Å². The van der Waals surface area contributed by atoms with Gasteiger partial charge in [0.15, 0.2) is 17.3 Å². The lowest BCUT2D eigenvalue weighted by Gasteiger charge is -2.18. The average Bonchev–Trinajstić information content (AvgIpc) is 3.10. The number of hydrogen-bond donors (Lipinski definition) is 2. The maximum atomic E-state index is 13.5. The number of amides is 1. The molecule has 1 aliphatic rings. The number of hydrogen-bond acceptors (Lipinski definition) is 6. The first-order valence-corrected chi connectivity index (χ1v) is 11.5. The van der Waals surface area contributed by atoms with Crippen molar-refractivity contribution in [1.29, 1.82) is 0 Å². The molecule has 9 nitrogen and oxygen atoms in total. The van der Waals surface area contributed by atoms with Crippen LogP contribution in [0.1, 0.15) is 5.56 Å². The zero-order chi connectivity index (χ0) is 26.1. The minimum absolute atomic E-state index is 0.0107. The highest BCUT2D eigenvalue weighted by atomic mass is 35.5. The van der Waals surface area contributed by atoms with E-state index in [4.69, 9.17) is 51.1 Å². The van der Waals surface area contributed by atoms with Crippen LogP contribution in [-0.4, -0.2) is 28.9 Å². The Morgan fingerprint density at radius 1 is 1.06 bits per heavy atom. The molecule has 0 radical (unpaired) electrons. The maximum absolute atomic E-state index is 13.5. The van der Waals surface area contributed by atoms with Gasteiger partial charge in [-0.2, -0.15) is 0 Å². The molecule has 13 heteroatoms. The van der Waals surface area contributed by atoms with Crippen molar-refractivity contribution in [2.75, 3.05) is 12.1 Å². The number of halogens is 4. The number of benzene rings is 3. The van der Waals surface area contributed by atoms with Gasteiger partial charge in [0.05, 0.1) is 38.4 Å². The van der Waals surface area contributed by atoms with Crippen LogP contribution in [0.4, 0.5) is 17.1 Å². The molecule has 0 bridgehead atoms. The molecule has 0 saturated carbocycles. The lowest BCUT2D eigenvalue weighted by atomic mass is 10.1. The summed E-state index contributed by atoms with van der Waals surface area (Å²) in [4.78, 5) is 28.6. The van der Waals surface area contributed by atoms with Crippen molar-refractivity contribution in [2.24, 2.45) is 4.99 Å². The zero-order valence-electron chi connectivity index (χ0n) is 18.1. The number of non-ortho nitro benzene ring substituents is 1. The van der Waals surface area contributed by atoms with Gasteiger partial charge in [0.2, 0.25) is 0 Å². The van der Waals surface area contributed by atoms with Crippen LogP contribution in [0, 0.1) is 10.1 Å². The van der Waals surface area contributed by atoms with Crippen LogP contribution in [0.25, 0.3) is 6.08 Å². The van der Waals surface area contributed by atoms with Gasteiger partial charge >= 0.3 is 0 Å². The van der Waals surface area contributed by atoms with Gasteiger partial charge in [-0.1, -0.05) is 52.5 Å². The molecule has 4 rings (SSSR count). The molecule has 2 N–H and O–H groups in total. The number of nitrogens with zero attached hydrogens (tertiary/aromatic N) is 3. The van der Waals surface area contributed by atoms with Gasteiger partial charge in [-0.25, -0.2) is 10.0 Å². The van der Waals surface area contributed by atoms with E-state index >= 15 is 0 Å². The van der Waals surface area contributed by atoms with E-state index in [0.717, 1.165) is 5.01 Å². The Morgan fingerprint density at radius 3 is 2.39 bits per heavy atom. The fourth-order valence-electron chi connectivity index (χ4n) is 3.33. The van der Waals surface area contributed by atoms with Crippen LogP contribution < -0.4 is 15.2 Å². The van der Waals surface area contributed by atoms with Gasteiger partial charge in [-0.15, -0.1) is 0 Å². The fraction of sp³-hybridized carbons (Fsp3) is 0.0435. The van der Waals surface area contributed by atoms with Crippen LogP contribution in [0.15, 0.2) is 59.1 Å². The van der Waals surface area contributed by atoms with E-state index in [1.165, 1.54) is 55.7 Å². The van der Waals surface area contributed by atoms with E-state index in [2.05, 4.69) is 10.4 Å². The molecule has 1 aliphatic heterocycles. The summed E-state index contributed by atoms with van der Waals surface area (Å²) in [6.07, 6.45) is 1.49. The third kappa shape index (κ3) is 5.05. The molecule has 0 atom stereocenters. The average molecular weight is 568 g/mol. The van der Waals surface area contributed by atoms with Crippen LogP contribution >= 0.6 is 46.4 Å². The number of phenols is 1. The molecule has 1 fully saturated rings. The van der Waals surface area contributed by atoms with Crippen molar-refractivity contribution in [3.63, 3.8) is 0 Å². The van der Waals surface area contributed by atoms with Crippen LogP contribution in [-0.2, 0) is 4.79 Å². The fourth-order valence-corrected chi connectivity index (χ4v) is 4.48. The van der Waals surface area contributed by atoms with E-state index in [9.17, 15) is 20.0 Å². The van der Waals surface area contributed by atoms with Crippen molar-refractivity contribution < 1.29 is 19.6 Å². The number of carbonyl (C=O) groups excluding carboxylic acids is 1. The normalized spacial score (nSPS) is 15.5. The Hall–Kier alpha value is -3.50. The van der Waals surface area contributed by atoms with Gasteiger partial charge in [0.1, 0.15) is 5.69 Å². The van der Waals surface area contributed by atoms with Gasteiger partial charge in [0, 0.05) is 17.2 Å². The van der Waals surface area contributed by atoms with Crippen molar-refractivity contribution in [3.8, 4) is 11.5 Å². The van der Waals surface area contributed by atoms with E-state index in [0.29, 0.717) is 5.56 Å². The summed E-state index contributed by atoms with van der Waals surface area (Å²) in [7, 11) is 1.39. The summed E-state index contributed by atoms with van der Waals surface area (Å²) in [5.41, 5.74) is 3.31. The van der Waals surface area contributed by atoms with Gasteiger partial charge in [0.25, 0.3) is 11.6 Å². The topological polar surface area (TPSA) is 117 Å². The number of hydrazine groups is 1. The Bertz CT molecular complexity index is 1450. The first kappa shape index (κ1) is 25.6. The molecule has 0 unspecified atom stereocenters. The number of aromatic hydroxyl groups is 1. The van der Waals surface area contributed by atoms with E-state index in [-0.39, 0.29) is 60.1 Å². The lowest BCUT2D eigenvalue weighted by Crippen LogP contribution is -2.36. The molecule has 1 amide bonds. The first-order valence-electron chi connectivity index (χ1n) is 9.96. The molecule has 3 aromatic carbocycles. The monoisotopic (exact) mass is 566 g/mol. The second kappa shape index (κ2) is 10.2. The number of aliphatic imine (C=N–C) groups is 1. The highest BCUT2D eigenvalue weighted by Crippen LogP contribution is 2.39. The summed E-state index contributed by atoms with van der Waals surface area (Å²) < 4.78 is 5.13. The quantitative estimate of drug-likeness (QED) is 0.204. The van der Waals surface area contributed by atoms with E-state index < -0.39 is 10.8 Å². The van der Waals surface area contributed by atoms with E-state index in [1.807, 2.05) is 0 Å². The highest BCUT2D eigenvalue weighted by molar-refractivity contribution is 6.44. The number of rotatable bonds is 5. The third-order valence-electron chi connectivity index (χ3n) is 5.00. The number of anilines is 1. The number of nitrogens with one attached hydrogen (secondary N) is 1. The zero-order valence-corrected chi connectivity index (χ0v) is 21.2. The molecule has 184 valence electrons. The Labute approximate surface area is 224 Å². The number of carbonyl (C=O) groups is 1. The number of methoxy groups -OCH3 is 1. The van der Waals surface area contributed by atoms with Crippen molar-refractivity contribution in [1.82, 2.24) is 5.43 Å². The van der Waals surface area contributed by atoms with Crippen LogP contribution in [0.2, 0.25) is 20.1 Å². The summed E-state index contributed by atoms with van der Waals surface area (Å²) in [5.74, 6) is -0.484. The third-order valence-corrected chi connectivity index (χ3v) is 6.11. The maximum Gasteiger partial charge on any atom is 0.280 e. The van der Waals surface area contributed by atoms with Gasteiger partial charge in [-0.3, -0.25) is 20.3 Å². The molecule has 0 spiro atoms. The number of amidine groups is 1. The second-order valence-electron chi connectivity index (χ2n) is 7.31. The summed E-state index contributed by atoms with van der Waals surface area (Å²) in [5, 5.41) is 22.8. The molecule has 0 aliphatic carbocycles. The lowest BCUT2D eigenvalue weighted by molar-refractivity contribution is -0.384. The Balaban J connectivity index is 1.89. The number of phenolic OH excluding ortho intramolecular Hbond substituents is 1. The van der Waals surface area contributed by atoms with Crippen LogP contribution in [0.3, 0.4) is 0 Å². The molecule has 1 heterocycles. The molecular formula is C23H14Cl4N4O5. The number of ether oxygens (including phenoxy) is 1. The smallest absolute Gasteiger partial charge is 0.280 e. The number of nitro benzene ring substituents is 1. The predicted octanol–water partition coefficient (Wildman–Crippen LogP) is 6.59. The Kier molecular flexibility index (Phi) is 7.28. The minimum Gasteiger partial charge on any atom is -0.504 e. The van der Waals surface area contributed by atoms with Crippen molar-refractivity contribution in [3.05, 3.63) is 89.9 Å². The molecule has 1 saturated heterocycles. The SMILES string of the molecule is COc1cc(/C=C2/C(=O)N(c3c(Cl)cc(Cl)cc3Cl)NC2=Nc2cc([N+](=O)[O-])ccc2Cl)ccc1O. The predicted molar refractivity (Wildman–Crippen MR) is 140 cm³/mol. The van der Waals surface area contributed by atoms with Crippen molar-refractivity contribution >= 4 is 81.3 Å². The largest absolute Gasteiger partial charge is 0.504 e. The molecular weight excluding hydrogens is 554 g/mol. The number of nitro groups is 1. The first-order chi connectivity index (χ1) is 17.1. The highest BCUT2D eigenvalue weighted by Gasteiger charge is 2.35. The molecule has 3 aromatic rings. The summed E-state index contributed by atoms with van der Waals surface area (Å²) in [6, 6.07) is 11.0. The summed E-state index contributed by atoms with van der Waals surface area (Å²) in [6.45, 7) is 0. The second-order valence-corrected chi connectivity index (χ2v) is 8.97. The summed E-state index contributed by atoms with van der Waals surface area (Å²) >= 11 is 24.9. The standard InChI is InChI=1S/C23H14Cl4N4O5/c1-36-20-7-11(2-5-19(20)32)6-14-22(28-18-10-13(31(34)35)3-4-15(18)25)29-30(23(14)33)21-16(26)8-12(24)9-17(21)27/h2-10,32H,1H3,(H,28,29)/b14-6+. The Morgan fingerprint density at radius 2 is 1.75 bits per heavy atom. The minimum atomic E-state index is -0.591.